The summed E-state index contributed by atoms with van der Waals surface area (Å²) < 4.78 is 7.34. The van der Waals surface area contributed by atoms with Crippen LogP contribution in [0.3, 0.4) is 0 Å². The van der Waals surface area contributed by atoms with Crippen molar-refractivity contribution in [2.75, 3.05) is 44.7 Å². The molecule has 1 saturated heterocycles. The molecule has 1 aliphatic rings. The summed E-state index contributed by atoms with van der Waals surface area (Å²) in [5.74, 6) is 0. The van der Waals surface area contributed by atoms with Crippen molar-refractivity contribution in [3.63, 3.8) is 0 Å². The van der Waals surface area contributed by atoms with Crippen molar-refractivity contribution in [2.24, 2.45) is 0 Å². The van der Waals surface area contributed by atoms with E-state index in [4.69, 9.17) is 4.74 Å². The molecule has 0 bridgehead atoms. The second-order valence-electron chi connectivity index (χ2n) is 5.83. The molecule has 2 amide bonds. The standard InChI is InChI=1S/C18H24N4O2/c23-18(19-8-3-9-21-12-14-24-15-13-21)20-16-4-6-17(7-5-16)22-10-1-2-11-22/h1-2,4-7,10-11H,3,8-9,12-15H2,(H2,19,20,23). The Morgan fingerprint density at radius 2 is 1.79 bits per heavy atom. The number of carbonyl (C=O) groups excluding carboxylic acids is 1. The number of nitrogens with one attached hydrogen (secondary N) is 2. The number of anilines is 1. The lowest BCUT2D eigenvalue weighted by Crippen LogP contribution is -2.38. The van der Waals surface area contributed by atoms with Crippen LogP contribution in [0.5, 0.6) is 0 Å². The number of urea groups is 1. The van der Waals surface area contributed by atoms with Gasteiger partial charge in [0.15, 0.2) is 0 Å². The lowest BCUT2D eigenvalue weighted by Gasteiger charge is -2.26. The predicted molar refractivity (Wildman–Crippen MR) is 94.7 cm³/mol. The third kappa shape index (κ3) is 4.84. The zero-order chi connectivity index (χ0) is 16.6. The van der Waals surface area contributed by atoms with Crippen LogP contribution in [0, 0.1) is 0 Å². The highest BCUT2D eigenvalue weighted by Crippen LogP contribution is 2.13. The van der Waals surface area contributed by atoms with E-state index in [1.807, 2.05) is 53.4 Å². The number of ether oxygens (including phenoxy) is 1. The molecule has 3 rings (SSSR count). The van der Waals surface area contributed by atoms with E-state index < -0.39 is 0 Å². The van der Waals surface area contributed by atoms with Crippen molar-refractivity contribution in [1.29, 1.82) is 0 Å². The van der Waals surface area contributed by atoms with Gasteiger partial charge in [0, 0.05) is 43.4 Å². The van der Waals surface area contributed by atoms with Gasteiger partial charge in [-0.1, -0.05) is 0 Å². The first-order valence-electron chi connectivity index (χ1n) is 8.40. The first-order chi connectivity index (χ1) is 11.8. The van der Waals surface area contributed by atoms with Crippen molar-refractivity contribution < 1.29 is 9.53 Å². The van der Waals surface area contributed by atoms with Crippen molar-refractivity contribution >= 4 is 11.7 Å². The monoisotopic (exact) mass is 328 g/mol. The molecule has 2 N–H and O–H groups in total. The molecule has 1 aromatic heterocycles. The SMILES string of the molecule is O=C(NCCCN1CCOCC1)Nc1ccc(-n2cccc2)cc1. The van der Waals surface area contributed by atoms with E-state index in [1.165, 1.54) is 0 Å². The fourth-order valence-corrected chi connectivity index (χ4v) is 2.73. The highest BCUT2D eigenvalue weighted by molar-refractivity contribution is 5.89. The summed E-state index contributed by atoms with van der Waals surface area (Å²) in [6, 6.07) is 11.6. The highest BCUT2D eigenvalue weighted by Gasteiger charge is 2.09. The van der Waals surface area contributed by atoms with Crippen molar-refractivity contribution in [3.05, 3.63) is 48.8 Å². The zero-order valence-corrected chi connectivity index (χ0v) is 13.8. The van der Waals surface area contributed by atoms with Gasteiger partial charge in [0.25, 0.3) is 0 Å². The maximum Gasteiger partial charge on any atom is 0.319 e. The van der Waals surface area contributed by atoms with Gasteiger partial charge in [0.1, 0.15) is 0 Å². The molecule has 0 saturated carbocycles. The van der Waals surface area contributed by atoms with Crippen LogP contribution in [0.4, 0.5) is 10.5 Å². The molecule has 0 aliphatic carbocycles. The van der Waals surface area contributed by atoms with Gasteiger partial charge in [-0.25, -0.2) is 4.79 Å². The summed E-state index contributed by atoms with van der Waals surface area (Å²) in [6.07, 6.45) is 4.92. The second kappa shape index (κ2) is 8.52. The fourth-order valence-electron chi connectivity index (χ4n) is 2.73. The molecule has 24 heavy (non-hydrogen) atoms. The highest BCUT2D eigenvalue weighted by atomic mass is 16.5. The van der Waals surface area contributed by atoms with E-state index >= 15 is 0 Å². The molecule has 2 aromatic rings. The van der Waals surface area contributed by atoms with Crippen LogP contribution in [-0.2, 0) is 4.74 Å². The van der Waals surface area contributed by atoms with Crippen molar-refractivity contribution in [3.8, 4) is 5.69 Å². The average Bonchev–Trinajstić information content (AvgIpc) is 3.15. The number of rotatable bonds is 6. The third-order valence-corrected chi connectivity index (χ3v) is 4.07. The maximum atomic E-state index is 11.9. The number of hydrogen-bond acceptors (Lipinski definition) is 3. The molecule has 128 valence electrons. The molecule has 1 fully saturated rings. The Hall–Kier alpha value is -2.31. The third-order valence-electron chi connectivity index (χ3n) is 4.07. The second-order valence-corrected chi connectivity index (χ2v) is 5.83. The minimum Gasteiger partial charge on any atom is -0.379 e. The number of morpholine rings is 1. The lowest BCUT2D eigenvalue weighted by molar-refractivity contribution is 0.0375. The van der Waals surface area contributed by atoms with E-state index in [2.05, 4.69) is 15.5 Å². The van der Waals surface area contributed by atoms with Gasteiger partial charge in [-0.2, -0.15) is 0 Å². The van der Waals surface area contributed by atoms with Gasteiger partial charge in [0.05, 0.1) is 13.2 Å². The molecule has 2 heterocycles. The number of amides is 2. The Balaban J connectivity index is 1.37. The minimum atomic E-state index is -0.161. The van der Waals surface area contributed by atoms with E-state index in [0.717, 1.165) is 50.6 Å². The van der Waals surface area contributed by atoms with Gasteiger partial charge >= 0.3 is 6.03 Å². The summed E-state index contributed by atoms with van der Waals surface area (Å²) >= 11 is 0. The van der Waals surface area contributed by atoms with Crippen LogP contribution < -0.4 is 10.6 Å². The Kier molecular flexibility index (Phi) is 5.87. The summed E-state index contributed by atoms with van der Waals surface area (Å²) in [5.41, 5.74) is 1.85. The number of nitrogens with zero attached hydrogens (tertiary/aromatic N) is 2. The summed E-state index contributed by atoms with van der Waals surface area (Å²) in [5, 5.41) is 5.76. The Morgan fingerprint density at radius 1 is 1.08 bits per heavy atom. The maximum absolute atomic E-state index is 11.9. The Labute approximate surface area is 142 Å². The Bertz CT molecular complexity index is 619. The predicted octanol–water partition coefficient (Wildman–Crippen LogP) is 2.32. The smallest absolute Gasteiger partial charge is 0.319 e. The first-order valence-corrected chi connectivity index (χ1v) is 8.40. The van der Waals surface area contributed by atoms with E-state index in [0.29, 0.717) is 6.54 Å². The molecule has 0 spiro atoms. The van der Waals surface area contributed by atoms with Crippen molar-refractivity contribution in [1.82, 2.24) is 14.8 Å². The van der Waals surface area contributed by atoms with Gasteiger partial charge in [-0.15, -0.1) is 0 Å². The number of carbonyl (C=O) groups is 1. The average molecular weight is 328 g/mol. The molecular formula is C18H24N4O2. The number of benzene rings is 1. The molecule has 6 nitrogen and oxygen atoms in total. The van der Waals surface area contributed by atoms with Crippen LogP contribution in [0.25, 0.3) is 5.69 Å². The molecular weight excluding hydrogens is 304 g/mol. The Morgan fingerprint density at radius 3 is 2.50 bits per heavy atom. The van der Waals surface area contributed by atoms with Gasteiger partial charge in [-0.05, 0) is 49.4 Å². The fraction of sp³-hybridized carbons (Fsp3) is 0.389. The van der Waals surface area contributed by atoms with Crippen LogP contribution in [-0.4, -0.2) is 54.9 Å². The molecule has 0 unspecified atom stereocenters. The summed E-state index contributed by atoms with van der Waals surface area (Å²) in [6.45, 7) is 5.26. The summed E-state index contributed by atoms with van der Waals surface area (Å²) in [4.78, 5) is 14.3. The number of aromatic nitrogens is 1. The van der Waals surface area contributed by atoms with E-state index in [-0.39, 0.29) is 6.03 Å². The number of hydrogen-bond donors (Lipinski definition) is 2. The van der Waals surface area contributed by atoms with Crippen LogP contribution in [0.1, 0.15) is 6.42 Å². The first kappa shape index (κ1) is 16.5. The van der Waals surface area contributed by atoms with Crippen LogP contribution >= 0.6 is 0 Å². The largest absolute Gasteiger partial charge is 0.379 e. The van der Waals surface area contributed by atoms with Crippen LogP contribution in [0.2, 0.25) is 0 Å². The molecule has 1 aliphatic heterocycles. The van der Waals surface area contributed by atoms with Crippen molar-refractivity contribution in [2.45, 2.75) is 6.42 Å². The zero-order valence-electron chi connectivity index (χ0n) is 13.8. The van der Waals surface area contributed by atoms with E-state index in [9.17, 15) is 4.79 Å². The molecule has 1 aromatic carbocycles. The van der Waals surface area contributed by atoms with Crippen LogP contribution in [0.15, 0.2) is 48.8 Å². The summed E-state index contributed by atoms with van der Waals surface area (Å²) in [7, 11) is 0. The quantitative estimate of drug-likeness (QED) is 0.800. The van der Waals surface area contributed by atoms with Gasteiger partial charge in [-0.3, -0.25) is 4.90 Å². The molecule has 0 radical (unpaired) electrons. The minimum absolute atomic E-state index is 0.161. The normalized spacial score (nSPS) is 15.2. The molecule has 6 heteroatoms. The van der Waals surface area contributed by atoms with Gasteiger partial charge < -0.3 is 19.9 Å². The van der Waals surface area contributed by atoms with E-state index in [1.54, 1.807) is 0 Å². The lowest BCUT2D eigenvalue weighted by atomic mass is 10.3. The topological polar surface area (TPSA) is 58.5 Å². The van der Waals surface area contributed by atoms with Gasteiger partial charge in [0.2, 0.25) is 0 Å². The molecule has 0 atom stereocenters.